The Hall–Kier alpha value is -2.75. The second kappa shape index (κ2) is 8.78. The van der Waals surface area contributed by atoms with Gasteiger partial charge in [-0.05, 0) is 56.7 Å². The molecule has 0 spiro atoms. The molecule has 1 saturated carbocycles. The second-order valence-electron chi connectivity index (χ2n) is 8.31. The molecule has 10 heteroatoms. The van der Waals surface area contributed by atoms with Crippen LogP contribution in [0, 0.1) is 5.92 Å². The molecule has 1 heterocycles. The fraction of sp³-hybridized carbons (Fsp3) is 0.476. The first-order chi connectivity index (χ1) is 14.5. The number of rotatable bonds is 9. The van der Waals surface area contributed by atoms with Gasteiger partial charge in [0.25, 0.3) is 0 Å². The van der Waals surface area contributed by atoms with Crippen molar-refractivity contribution in [1.82, 2.24) is 10.6 Å². The van der Waals surface area contributed by atoms with Gasteiger partial charge in [-0.15, -0.1) is 0 Å². The molecule has 2 amide bonds. The third kappa shape index (κ3) is 5.49. The predicted octanol–water partition coefficient (Wildman–Crippen LogP) is 2.49. The summed E-state index contributed by atoms with van der Waals surface area (Å²) < 4.78 is 43.1. The van der Waals surface area contributed by atoms with Crippen molar-refractivity contribution >= 4 is 34.0 Å². The van der Waals surface area contributed by atoms with Crippen LogP contribution in [0.3, 0.4) is 0 Å². The van der Waals surface area contributed by atoms with Crippen molar-refractivity contribution < 1.29 is 31.9 Å². The molecule has 0 radical (unpaired) electrons. The van der Waals surface area contributed by atoms with Crippen molar-refractivity contribution in [3.8, 4) is 0 Å². The summed E-state index contributed by atoms with van der Waals surface area (Å²) in [6.45, 7) is 3.24. The number of hydrogen-bond acceptors (Lipinski definition) is 6. The smallest absolute Gasteiger partial charge is 0.408 e. The highest BCUT2D eigenvalue weighted by Crippen LogP contribution is 2.39. The van der Waals surface area contributed by atoms with E-state index >= 15 is 0 Å². The number of benzene rings is 1. The number of fused-ring (bicyclic) bond motifs is 1. The van der Waals surface area contributed by atoms with E-state index in [1.165, 1.54) is 12.1 Å². The van der Waals surface area contributed by atoms with Gasteiger partial charge in [0.15, 0.2) is 0 Å². The number of halogens is 1. The van der Waals surface area contributed by atoms with E-state index in [4.69, 9.17) is 4.74 Å². The van der Waals surface area contributed by atoms with Crippen LogP contribution in [0.5, 0.6) is 0 Å². The van der Waals surface area contributed by atoms with Crippen LogP contribution < -0.4 is 10.6 Å². The minimum absolute atomic E-state index is 0.117. The Bertz CT molecular complexity index is 1030. The van der Waals surface area contributed by atoms with Crippen LogP contribution in [0.2, 0.25) is 0 Å². The predicted molar refractivity (Wildman–Crippen MR) is 110 cm³/mol. The van der Waals surface area contributed by atoms with E-state index in [0.29, 0.717) is 11.5 Å². The lowest BCUT2D eigenvalue weighted by molar-refractivity contribution is -0.131. The summed E-state index contributed by atoms with van der Waals surface area (Å²) in [5.74, 6) is 0.0498. The van der Waals surface area contributed by atoms with Crippen LogP contribution in [-0.4, -0.2) is 44.6 Å². The Labute approximate surface area is 180 Å². The van der Waals surface area contributed by atoms with Crippen LogP contribution in [-0.2, 0) is 24.2 Å². The number of ether oxygens (including phenoxy) is 1. The topological polar surface area (TPSA) is 119 Å². The first kappa shape index (κ1) is 22.9. The number of alkyl carbamates (subject to hydrolysis) is 1. The monoisotopic (exact) mass is 452 g/mol. The molecule has 0 bridgehead atoms. The molecule has 168 valence electrons. The molecule has 2 N–H and O–H groups in total. The molecular weight excluding hydrogens is 427 g/mol. The van der Waals surface area contributed by atoms with Crippen molar-refractivity contribution in [3.05, 3.63) is 34.7 Å². The van der Waals surface area contributed by atoms with Gasteiger partial charge in [-0.25, -0.2) is 13.2 Å². The van der Waals surface area contributed by atoms with E-state index in [1.54, 1.807) is 18.2 Å². The Morgan fingerprint density at radius 2 is 1.90 bits per heavy atom. The molecule has 2 aliphatic rings. The van der Waals surface area contributed by atoms with Crippen molar-refractivity contribution in [2.45, 2.75) is 56.0 Å². The van der Waals surface area contributed by atoms with Crippen molar-refractivity contribution in [1.29, 1.82) is 0 Å². The van der Waals surface area contributed by atoms with E-state index in [2.05, 4.69) is 10.6 Å². The molecule has 1 fully saturated rings. The molecule has 0 aromatic heterocycles. The van der Waals surface area contributed by atoms with Gasteiger partial charge in [0.2, 0.25) is 15.7 Å². The maximum absolute atomic E-state index is 13.3. The molecule has 1 aromatic rings. The quantitative estimate of drug-likeness (QED) is 0.556. The molecule has 0 unspecified atom stereocenters. The highest BCUT2D eigenvalue weighted by atomic mass is 32.2. The third-order valence-electron chi connectivity index (χ3n) is 5.50. The third-order valence-corrected chi connectivity index (χ3v) is 7.38. The van der Waals surface area contributed by atoms with Gasteiger partial charge >= 0.3 is 12.1 Å². The summed E-state index contributed by atoms with van der Waals surface area (Å²) in [5, 5.41) is 4.91. The lowest BCUT2D eigenvalue weighted by atomic mass is 9.98. The molecule has 1 aliphatic heterocycles. The number of sulfone groups is 1. The van der Waals surface area contributed by atoms with Gasteiger partial charge in [0.1, 0.15) is 12.6 Å². The summed E-state index contributed by atoms with van der Waals surface area (Å²) in [4.78, 5) is 35.3. The average Bonchev–Trinajstić information content (AvgIpc) is 3.50. The summed E-state index contributed by atoms with van der Waals surface area (Å²) in [7, 11) is -3.77. The number of nitrogens with one attached hydrogen (secondary N) is 2. The maximum Gasteiger partial charge on any atom is 0.408 e. The standard InChI is InChI=1S/C21H25FN2O6S/c1-21(2,14-7-8-14)24-18(25)10-9-16(19(22)26)23-20(27)30-12-15-11-13-5-3-4-6-17(13)31(15,28)29/h3-6,11,14,16H,7-10,12H2,1-2H3,(H,23,27)(H,24,25)/t16-/m0/s1. The van der Waals surface area contributed by atoms with Crippen LogP contribution in [0.4, 0.5) is 9.18 Å². The summed E-state index contributed by atoms with van der Waals surface area (Å²) in [6.07, 6.45) is 1.89. The highest BCUT2D eigenvalue weighted by molar-refractivity contribution is 7.95. The van der Waals surface area contributed by atoms with Gasteiger partial charge in [0, 0.05) is 12.0 Å². The zero-order chi connectivity index (χ0) is 22.8. The van der Waals surface area contributed by atoms with Gasteiger partial charge in [-0.1, -0.05) is 18.2 Å². The van der Waals surface area contributed by atoms with E-state index in [1.807, 2.05) is 13.8 Å². The maximum atomic E-state index is 13.3. The largest absolute Gasteiger partial charge is 0.444 e. The van der Waals surface area contributed by atoms with E-state index in [-0.39, 0.29) is 34.1 Å². The first-order valence-corrected chi connectivity index (χ1v) is 11.5. The molecule has 1 aromatic carbocycles. The number of hydrogen-bond donors (Lipinski definition) is 2. The molecule has 31 heavy (non-hydrogen) atoms. The number of amides is 2. The van der Waals surface area contributed by atoms with Crippen LogP contribution >= 0.6 is 0 Å². The van der Waals surface area contributed by atoms with E-state index < -0.39 is 34.6 Å². The zero-order valence-electron chi connectivity index (χ0n) is 17.3. The molecule has 1 atom stereocenters. The zero-order valence-corrected chi connectivity index (χ0v) is 18.1. The van der Waals surface area contributed by atoms with Gasteiger partial charge in [-0.2, -0.15) is 4.39 Å². The van der Waals surface area contributed by atoms with E-state index in [9.17, 15) is 27.2 Å². The normalized spacial score (nSPS) is 17.8. The van der Waals surface area contributed by atoms with Crippen LogP contribution in [0.1, 0.15) is 45.1 Å². The molecule has 0 saturated heterocycles. The molecule has 1 aliphatic carbocycles. The van der Waals surface area contributed by atoms with E-state index in [0.717, 1.165) is 12.8 Å². The lowest BCUT2D eigenvalue weighted by Crippen LogP contribution is -2.46. The summed E-state index contributed by atoms with van der Waals surface area (Å²) >= 11 is 0. The number of carbonyl (C=O) groups is 3. The Morgan fingerprint density at radius 1 is 1.23 bits per heavy atom. The average molecular weight is 453 g/mol. The Kier molecular flexibility index (Phi) is 6.49. The fourth-order valence-corrected chi connectivity index (χ4v) is 5.00. The van der Waals surface area contributed by atoms with Crippen molar-refractivity contribution in [3.63, 3.8) is 0 Å². The SMILES string of the molecule is CC(C)(NC(=O)CC[C@H](NC(=O)OCC1=Cc2ccccc2S1(=O)=O)C(=O)F)C1CC1. The van der Waals surface area contributed by atoms with Gasteiger partial charge in [-0.3, -0.25) is 9.59 Å². The molecule has 3 rings (SSSR count). The van der Waals surface area contributed by atoms with Crippen molar-refractivity contribution in [2.75, 3.05) is 6.61 Å². The summed E-state index contributed by atoms with van der Waals surface area (Å²) in [5.41, 5.74) is 0.106. The van der Waals surface area contributed by atoms with Gasteiger partial charge in [0.05, 0.1) is 9.80 Å². The highest BCUT2D eigenvalue weighted by Gasteiger charge is 2.38. The van der Waals surface area contributed by atoms with Crippen molar-refractivity contribution in [2.24, 2.45) is 5.92 Å². The summed E-state index contributed by atoms with van der Waals surface area (Å²) in [6, 6.07) is 2.95. The second-order valence-corrected chi connectivity index (χ2v) is 10.3. The number of carbonyl (C=O) groups excluding carboxylic acids is 3. The lowest BCUT2D eigenvalue weighted by Gasteiger charge is -2.26. The first-order valence-electron chi connectivity index (χ1n) is 9.99. The fourth-order valence-electron chi connectivity index (χ4n) is 3.52. The van der Waals surface area contributed by atoms with Gasteiger partial charge < -0.3 is 15.4 Å². The van der Waals surface area contributed by atoms with Crippen LogP contribution in [0.25, 0.3) is 6.08 Å². The minimum Gasteiger partial charge on any atom is -0.444 e. The molecule has 8 nitrogen and oxygen atoms in total. The van der Waals surface area contributed by atoms with Crippen LogP contribution in [0.15, 0.2) is 34.1 Å². The Morgan fingerprint density at radius 3 is 2.52 bits per heavy atom. The molecular formula is C21H25FN2O6S. The minimum atomic E-state index is -3.77. The Balaban J connectivity index is 1.50.